The van der Waals surface area contributed by atoms with Gasteiger partial charge in [0.1, 0.15) is 6.04 Å². The highest BCUT2D eigenvalue weighted by Crippen LogP contribution is 2.08. The fraction of sp³-hybridized carbons (Fsp3) is 0.818. The van der Waals surface area contributed by atoms with Crippen LogP contribution in [0.4, 0.5) is 4.79 Å². The first-order valence-electron chi connectivity index (χ1n) is 5.98. The lowest BCUT2D eigenvalue weighted by Crippen LogP contribution is -2.57. The van der Waals surface area contributed by atoms with E-state index < -0.39 is 12.0 Å². The normalized spacial score (nSPS) is 23.2. The molecule has 1 aliphatic heterocycles. The fourth-order valence-corrected chi connectivity index (χ4v) is 1.99. The van der Waals surface area contributed by atoms with Crippen LogP contribution in [0.25, 0.3) is 0 Å². The fourth-order valence-electron chi connectivity index (χ4n) is 1.99. The van der Waals surface area contributed by atoms with Gasteiger partial charge in [0.25, 0.3) is 0 Å². The number of likely N-dealkylation sites (N-methyl/N-ethyl adjacent to an activating group) is 1. The molecule has 0 radical (unpaired) electrons. The number of carbonyl (C=O) groups is 2. The number of piperazine rings is 1. The zero-order valence-electron chi connectivity index (χ0n) is 10.6. The summed E-state index contributed by atoms with van der Waals surface area (Å²) in [5.41, 5.74) is 0. The number of carboxylic acid groups (broad SMARTS) is 1. The molecule has 0 spiro atoms. The number of carboxylic acids is 1. The molecule has 17 heavy (non-hydrogen) atoms. The van der Waals surface area contributed by atoms with E-state index >= 15 is 0 Å². The number of carbonyl (C=O) groups excluding carboxylic acids is 1. The predicted molar refractivity (Wildman–Crippen MR) is 63.9 cm³/mol. The quantitative estimate of drug-likeness (QED) is 0.742. The van der Waals surface area contributed by atoms with Gasteiger partial charge in [-0.1, -0.05) is 6.92 Å². The molecule has 1 fully saturated rings. The predicted octanol–water partition coefficient (Wildman–Crippen LogP) is 0.195. The molecule has 0 aliphatic carbocycles. The Bertz CT molecular complexity index is 296. The summed E-state index contributed by atoms with van der Waals surface area (Å²) >= 11 is 0. The molecule has 6 heteroatoms. The summed E-state index contributed by atoms with van der Waals surface area (Å²) in [7, 11) is 0. The van der Waals surface area contributed by atoms with Gasteiger partial charge in [-0.15, -0.1) is 0 Å². The van der Waals surface area contributed by atoms with E-state index in [1.165, 1.54) is 6.92 Å². The van der Waals surface area contributed by atoms with Gasteiger partial charge in [-0.05, 0) is 20.4 Å². The van der Waals surface area contributed by atoms with Crippen molar-refractivity contribution in [2.45, 2.75) is 32.9 Å². The van der Waals surface area contributed by atoms with Gasteiger partial charge in [-0.25, -0.2) is 4.79 Å². The Labute approximate surface area is 102 Å². The second-order valence-corrected chi connectivity index (χ2v) is 4.43. The van der Waals surface area contributed by atoms with E-state index in [2.05, 4.69) is 24.1 Å². The molecule has 2 amide bonds. The van der Waals surface area contributed by atoms with Gasteiger partial charge in [0, 0.05) is 25.7 Å². The van der Waals surface area contributed by atoms with Crippen molar-refractivity contribution in [3.63, 3.8) is 0 Å². The number of hydrogen-bond donors (Lipinski definition) is 2. The summed E-state index contributed by atoms with van der Waals surface area (Å²) in [6.07, 6.45) is 0. The Kier molecular flexibility index (Phi) is 4.74. The van der Waals surface area contributed by atoms with Crippen molar-refractivity contribution in [1.29, 1.82) is 0 Å². The van der Waals surface area contributed by atoms with E-state index in [1.54, 1.807) is 4.90 Å². The second kappa shape index (κ2) is 5.86. The van der Waals surface area contributed by atoms with E-state index in [-0.39, 0.29) is 6.03 Å². The van der Waals surface area contributed by atoms with Crippen LogP contribution in [0, 0.1) is 0 Å². The number of nitrogens with zero attached hydrogens (tertiary/aromatic N) is 2. The maximum atomic E-state index is 11.8. The van der Waals surface area contributed by atoms with Crippen molar-refractivity contribution in [3.8, 4) is 0 Å². The summed E-state index contributed by atoms with van der Waals surface area (Å²) in [4.78, 5) is 26.4. The molecular formula is C11H21N3O3. The van der Waals surface area contributed by atoms with Crippen LogP contribution in [0.3, 0.4) is 0 Å². The third-order valence-electron chi connectivity index (χ3n) is 3.17. The molecule has 1 saturated heterocycles. The van der Waals surface area contributed by atoms with Crippen molar-refractivity contribution < 1.29 is 14.7 Å². The zero-order valence-corrected chi connectivity index (χ0v) is 10.6. The summed E-state index contributed by atoms with van der Waals surface area (Å²) in [5, 5.41) is 11.2. The monoisotopic (exact) mass is 243 g/mol. The van der Waals surface area contributed by atoms with Crippen LogP contribution < -0.4 is 5.32 Å². The van der Waals surface area contributed by atoms with Gasteiger partial charge in [0.2, 0.25) is 0 Å². The van der Waals surface area contributed by atoms with Gasteiger partial charge in [-0.3, -0.25) is 9.69 Å². The van der Waals surface area contributed by atoms with Crippen LogP contribution in [0.15, 0.2) is 0 Å². The van der Waals surface area contributed by atoms with E-state index in [9.17, 15) is 9.59 Å². The first-order valence-corrected chi connectivity index (χ1v) is 5.98. The third kappa shape index (κ3) is 3.59. The summed E-state index contributed by atoms with van der Waals surface area (Å²) < 4.78 is 0. The molecule has 1 rings (SSSR count). The Morgan fingerprint density at radius 2 is 2.12 bits per heavy atom. The molecular weight excluding hydrogens is 222 g/mol. The van der Waals surface area contributed by atoms with Crippen LogP contribution in [-0.2, 0) is 4.79 Å². The molecule has 98 valence electrons. The van der Waals surface area contributed by atoms with Crippen LogP contribution in [-0.4, -0.2) is 65.2 Å². The lowest BCUT2D eigenvalue weighted by atomic mass is 10.2. The van der Waals surface area contributed by atoms with Crippen molar-refractivity contribution in [2.24, 2.45) is 0 Å². The van der Waals surface area contributed by atoms with Gasteiger partial charge >= 0.3 is 12.0 Å². The lowest BCUT2D eigenvalue weighted by Gasteiger charge is -2.39. The van der Waals surface area contributed by atoms with Gasteiger partial charge in [0.15, 0.2) is 0 Å². The molecule has 2 atom stereocenters. The van der Waals surface area contributed by atoms with E-state index in [1.807, 2.05) is 0 Å². The number of urea groups is 1. The average Bonchev–Trinajstić information content (AvgIpc) is 2.28. The van der Waals surface area contributed by atoms with Gasteiger partial charge in [0.05, 0.1) is 0 Å². The second-order valence-electron chi connectivity index (χ2n) is 4.43. The number of amides is 2. The van der Waals surface area contributed by atoms with E-state index in [0.717, 1.165) is 13.1 Å². The average molecular weight is 243 g/mol. The highest BCUT2D eigenvalue weighted by Gasteiger charge is 2.27. The topological polar surface area (TPSA) is 72.9 Å². The molecule has 1 aliphatic rings. The SMILES string of the molecule is CCN1CCN(C(=O)NC(C)C(=O)O)CC1C. The first kappa shape index (κ1) is 13.8. The smallest absolute Gasteiger partial charge is 0.325 e. The minimum absolute atomic E-state index is 0.289. The molecule has 6 nitrogen and oxygen atoms in total. The van der Waals surface area contributed by atoms with Crippen molar-refractivity contribution in [2.75, 3.05) is 26.2 Å². The number of rotatable bonds is 3. The minimum Gasteiger partial charge on any atom is -0.480 e. The van der Waals surface area contributed by atoms with Gasteiger partial charge < -0.3 is 15.3 Å². The Hall–Kier alpha value is -1.30. The lowest BCUT2D eigenvalue weighted by molar-refractivity contribution is -0.138. The van der Waals surface area contributed by atoms with Crippen LogP contribution in [0.1, 0.15) is 20.8 Å². The zero-order chi connectivity index (χ0) is 13.0. The molecule has 0 saturated carbocycles. The Morgan fingerprint density at radius 3 is 2.59 bits per heavy atom. The highest BCUT2D eigenvalue weighted by atomic mass is 16.4. The Balaban J connectivity index is 2.47. The summed E-state index contributed by atoms with van der Waals surface area (Å²) in [6, 6.07) is -0.816. The molecule has 0 aromatic heterocycles. The standard InChI is InChI=1S/C11H21N3O3/c1-4-13-5-6-14(7-8(13)2)11(17)12-9(3)10(15)16/h8-9H,4-7H2,1-3H3,(H,12,17)(H,15,16). The van der Waals surface area contributed by atoms with Gasteiger partial charge in [-0.2, -0.15) is 0 Å². The van der Waals surface area contributed by atoms with Crippen molar-refractivity contribution in [3.05, 3.63) is 0 Å². The maximum Gasteiger partial charge on any atom is 0.325 e. The third-order valence-corrected chi connectivity index (χ3v) is 3.17. The van der Waals surface area contributed by atoms with Crippen LogP contribution in [0.5, 0.6) is 0 Å². The molecule has 2 N–H and O–H groups in total. The molecule has 0 aromatic carbocycles. The van der Waals surface area contributed by atoms with Crippen molar-refractivity contribution in [1.82, 2.24) is 15.1 Å². The number of nitrogens with one attached hydrogen (secondary N) is 1. The first-order chi connectivity index (χ1) is 7.95. The molecule has 0 bridgehead atoms. The molecule has 1 heterocycles. The van der Waals surface area contributed by atoms with E-state index in [4.69, 9.17) is 5.11 Å². The molecule has 2 unspecified atom stereocenters. The van der Waals surface area contributed by atoms with Crippen LogP contribution >= 0.6 is 0 Å². The largest absolute Gasteiger partial charge is 0.480 e. The van der Waals surface area contributed by atoms with Crippen molar-refractivity contribution >= 4 is 12.0 Å². The maximum absolute atomic E-state index is 11.8. The van der Waals surface area contributed by atoms with E-state index in [0.29, 0.717) is 19.1 Å². The minimum atomic E-state index is -1.02. The number of aliphatic carboxylic acids is 1. The highest BCUT2D eigenvalue weighted by molar-refractivity contribution is 5.82. The van der Waals surface area contributed by atoms with Crippen LogP contribution in [0.2, 0.25) is 0 Å². The molecule has 0 aromatic rings. The summed E-state index contributed by atoms with van der Waals surface area (Å²) in [5.74, 6) is -1.02. The Morgan fingerprint density at radius 1 is 1.47 bits per heavy atom. The number of hydrogen-bond acceptors (Lipinski definition) is 3. The summed E-state index contributed by atoms with van der Waals surface area (Å²) in [6.45, 7) is 8.74.